The molecule has 1 aliphatic rings. The fraction of sp³-hybridized carbons (Fsp3) is 0.538. The number of rotatable bonds is 3. The average Bonchev–Trinajstić information content (AvgIpc) is 2.86. The highest BCUT2D eigenvalue weighted by Gasteiger charge is 2.25. The van der Waals surface area contributed by atoms with Gasteiger partial charge in [-0.1, -0.05) is 0 Å². The number of carbonyl (C=O) groups excluding carboxylic acids is 1. The van der Waals surface area contributed by atoms with Crippen molar-refractivity contribution in [1.29, 1.82) is 0 Å². The minimum Gasteiger partial charge on any atom is -0.453 e. The van der Waals surface area contributed by atoms with E-state index in [1.54, 1.807) is 6.20 Å². The number of aliphatic hydroxyl groups is 1. The summed E-state index contributed by atoms with van der Waals surface area (Å²) in [5, 5.41) is 11.9. The highest BCUT2D eigenvalue weighted by Crippen LogP contribution is 2.22. The van der Waals surface area contributed by atoms with Gasteiger partial charge < -0.3 is 20.1 Å². The Morgan fingerprint density at radius 3 is 3.11 bits per heavy atom. The Balaban J connectivity index is 2.02. The number of hydrogen-bond donors (Lipinski definition) is 2. The standard InChI is InChI=1S/C13H19N3O3/c1-9-5-10(8-17)6-14-12(9)16-4-3-11(7-16)15-13(18)19-2/h5-6,11,17H,3-4,7-8H2,1-2H3,(H,15,18). The molecule has 104 valence electrons. The molecule has 0 bridgehead atoms. The van der Waals surface area contributed by atoms with Gasteiger partial charge in [0.05, 0.1) is 19.8 Å². The number of aliphatic hydroxyl groups excluding tert-OH is 1. The van der Waals surface area contributed by atoms with Crippen LogP contribution in [-0.4, -0.2) is 42.4 Å². The smallest absolute Gasteiger partial charge is 0.407 e. The van der Waals surface area contributed by atoms with E-state index in [-0.39, 0.29) is 12.6 Å². The van der Waals surface area contributed by atoms with E-state index in [1.165, 1.54) is 7.11 Å². The second-order valence-electron chi connectivity index (χ2n) is 4.71. The SMILES string of the molecule is COC(=O)NC1CCN(c2ncc(CO)cc2C)C1. The first-order valence-corrected chi connectivity index (χ1v) is 6.30. The normalized spacial score (nSPS) is 18.5. The van der Waals surface area contributed by atoms with Crippen LogP contribution in [0.15, 0.2) is 12.3 Å². The Hall–Kier alpha value is -1.82. The van der Waals surface area contributed by atoms with Crippen molar-refractivity contribution in [2.45, 2.75) is 26.0 Å². The van der Waals surface area contributed by atoms with Crippen LogP contribution < -0.4 is 10.2 Å². The summed E-state index contributed by atoms with van der Waals surface area (Å²) in [6.45, 7) is 3.55. The lowest BCUT2D eigenvalue weighted by atomic mass is 10.2. The topological polar surface area (TPSA) is 74.7 Å². The number of nitrogens with zero attached hydrogens (tertiary/aromatic N) is 2. The lowest BCUT2D eigenvalue weighted by Crippen LogP contribution is -2.37. The van der Waals surface area contributed by atoms with Crippen molar-refractivity contribution >= 4 is 11.9 Å². The number of aromatic nitrogens is 1. The van der Waals surface area contributed by atoms with E-state index in [1.807, 2.05) is 13.0 Å². The van der Waals surface area contributed by atoms with Crippen LogP contribution in [0.2, 0.25) is 0 Å². The number of ether oxygens (including phenoxy) is 1. The molecule has 0 aromatic carbocycles. The lowest BCUT2D eigenvalue weighted by molar-refractivity contribution is 0.167. The number of nitrogens with one attached hydrogen (secondary N) is 1. The van der Waals surface area contributed by atoms with Crippen molar-refractivity contribution in [1.82, 2.24) is 10.3 Å². The Labute approximate surface area is 112 Å². The largest absolute Gasteiger partial charge is 0.453 e. The van der Waals surface area contributed by atoms with E-state index in [0.717, 1.165) is 36.5 Å². The van der Waals surface area contributed by atoms with Gasteiger partial charge in [0.2, 0.25) is 0 Å². The molecule has 2 N–H and O–H groups in total. The highest BCUT2D eigenvalue weighted by molar-refractivity contribution is 5.67. The first-order chi connectivity index (χ1) is 9.13. The summed E-state index contributed by atoms with van der Waals surface area (Å²) in [5.74, 6) is 0.909. The lowest BCUT2D eigenvalue weighted by Gasteiger charge is -2.20. The third-order valence-corrected chi connectivity index (χ3v) is 3.28. The molecule has 0 saturated carbocycles. The van der Waals surface area contributed by atoms with Crippen molar-refractivity contribution < 1.29 is 14.6 Å². The number of pyridine rings is 1. The molecule has 2 heterocycles. The van der Waals surface area contributed by atoms with Crippen LogP contribution in [0, 0.1) is 6.92 Å². The fourth-order valence-electron chi connectivity index (χ4n) is 2.34. The summed E-state index contributed by atoms with van der Waals surface area (Å²) in [5.41, 5.74) is 1.84. The average molecular weight is 265 g/mol. The van der Waals surface area contributed by atoms with Crippen LogP contribution in [0.4, 0.5) is 10.6 Å². The second kappa shape index (κ2) is 5.88. The van der Waals surface area contributed by atoms with Gasteiger partial charge in [-0.2, -0.15) is 0 Å². The van der Waals surface area contributed by atoms with E-state index < -0.39 is 6.09 Å². The Kier molecular flexibility index (Phi) is 4.21. The maximum absolute atomic E-state index is 11.2. The quantitative estimate of drug-likeness (QED) is 0.846. The van der Waals surface area contributed by atoms with Gasteiger partial charge in [-0.05, 0) is 30.5 Å². The van der Waals surface area contributed by atoms with Crippen molar-refractivity contribution in [3.63, 3.8) is 0 Å². The number of amides is 1. The summed E-state index contributed by atoms with van der Waals surface area (Å²) < 4.78 is 4.60. The van der Waals surface area contributed by atoms with Gasteiger partial charge in [0, 0.05) is 19.3 Å². The van der Waals surface area contributed by atoms with E-state index in [9.17, 15) is 4.79 Å². The number of methoxy groups -OCH3 is 1. The first-order valence-electron chi connectivity index (χ1n) is 6.30. The molecular formula is C13H19N3O3. The molecule has 1 fully saturated rings. The van der Waals surface area contributed by atoms with Crippen LogP contribution >= 0.6 is 0 Å². The van der Waals surface area contributed by atoms with Crippen LogP contribution in [0.3, 0.4) is 0 Å². The molecule has 0 aliphatic carbocycles. The zero-order valence-corrected chi connectivity index (χ0v) is 11.2. The first kappa shape index (κ1) is 13.6. The third-order valence-electron chi connectivity index (χ3n) is 3.28. The molecule has 6 heteroatoms. The van der Waals surface area contributed by atoms with Gasteiger partial charge in [-0.3, -0.25) is 0 Å². The molecule has 1 amide bonds. The number of aryl methyl sites for hydroxylation is 1. The number of carbonyl (C=O) groups is 1. The molecular weight excluding hydrogens is 246 g/mol. The van der Waals surface area contributed by atoms with Gasteiger partial charge in [-0.15, -0.1) is 0 Å². The van der Waals surface area contributed by atoms with Crippen LogP contribution in [0.25, 0.3) is 0 Å². The predicted molar refractivity (Wildman–Crippen MR) is 71.1 cm³/mol. The van der Waals surface area contributed by atoms with Crippen molar-refractivity contribution in [2.24, 2.45) is 0 Å². The molecule has 1 aromatic rings. The predicted octanol–water partition coefficient (Wildman–Crippen LogP) is 0.817. The number of hydrogen-bond acceptors (Lipinski definition) is 5. The molecule has 1 unspecified atom stereocenters. The molecule has 0 radical (unpaired) electrons. The van der Waals surface area contributed by atoms with E-state index in [2.05, 4.69) is 19.9 Å². The van der Waals surface area contributed by atoms with E-state index in [4.69, 9.17) is 5.11 Å². The summed E-state index contributed by atoms with van der Waals surface area (Å²) >= 11 is 0. The Bertz CT molecular complexity index is 464. The number of anilines is 1. The molecule has 1 saturated heterocycles. The summed E-state index contributed by atoms with van der Waals surface area (Å²) in [7, 11) is 1.36. The number of alkyl carbamates (subject to hydrolysis) is 1. The Morgan fingerprint density at radius 2 is 2.47 bits per heavy atom. The maximum Gasteiger partial charge on any atom is 0.407 e. The maximum atomic E-state index is 11.2. The van der Waals surface area contributed by atoms with Crippen molar-refractivity contribution in [2.75, 3.05) is 25.1 Å². The Morgan fingerprint density at radius 1 is 1.68 bits per heavy atom. The van der Waals surface area contributed by atoms with Gasteiger partial charge in [0.15, 0.2) is 0 Å². The third kappa shape index (κ3) is 3.14. The van der Waals surface area contributed by atoms with Crippen LogP contribution in [0.5, 0.6) is 0 Å². The van der Waals surface area contributed by atoms with Crippen molar-refractivity contribution in [3.05, 3.63) is 23.4 Å². The van der Waals surface area contributed by atoms with Crippen LogP contribution in [0.1, 0.15) is 17.5 Å². The summed E-state index contributed by atoms with van der Waals surface area (Å²) in [4.78, 5) is 17.7. The van der Waals surface area contributed by atoms with Gasteiger partial charge >= 0.3 is 6.09 Å². The van der Waals surface area contributed by atoms with E-state index >= 15 is 0 Å². The minimum absolute atomic E-state index is 0.000636. The monoisotopic (exact) mass is 265 g/mol. The molecule has 6 nitrogen and oxygen atoms in total. The van der Waals surface area contributed by atoms with Gasteiger partial charge in [0.25, 0.3) is 0 Å². The summed E-state index contributed by atoms with van der Waals surface area (Å²) in [6.07, 6.45) is 2.16. The van der Waals surface area contributed by atoms with Gasteiger partial charge in [0.1, 0.15) is 5.82 Å². The second-order valence-corrected chi connectivity index (χ2v) is 4.71. The zero-order chi connectivity index (χ0) is 13.8. The molecule has 19 heavy (non-hydrogen) atoms. The molecule has 2 rings (SSSR count). The molecule has 1 atom stereocenters. The summed E-state index contributed by atoms with van der Waals surface area (Å²) in [6, 6.07) is 2.02. The molecule has 1 aliphatic heterocycles. The fourth-order valence-corrected chi connectivity index (χ4v) is 2.34. The zero-order valence-electron chi connectivity index (χ0n) is 11.2. The molecule has 1 aromatic heterocycles. The minimum atomic E-state index is -0.396. The van der Waals surface area contributed by atoms with E-state index in [0.29, 0.717) is 0 Å². The van der Waals surface area contributed by atoms with Crippen molar-refractivity contribution in [3.8, 4) is 0 Å². The highest BCUT2D eigenvalue weighted by atomic mass is 16.5. The van der Waals surface area contributed by atoms with Gasteiger partial charge in [-0.25, -0.2) is 9.78 Å². The van der Waals surface area contributed by atoms with Crippen LogP contribution in [-0.2, 0) is 11.3 Å². The molecule has 0 spiro atoms.